The van der Waals surface area contributed by atoms with Crippen molar-refractivity contribution in [1.82, 2.24) is 4.90 Å². The molecule has 0 saturated carbocycles. The topological polar surface area (TPSA) is 95.9 Å². The Hall–Kier alpha value is -3.35. The van der Waals surface area contributed by atoms with Gasteiger partial charge in [-0.05, 0) is 70.2 Å². The van der Waals surface area contributed by atoms with Crippen LogP contribution in [0.25, 0.3) is 0 Å². The first-order valence-corrected chi connectivity index (χ1v) is 9.51. The lowest BCUT2D eigenvalue weighted by Crippen LogP contribution is -2.30. The molecule has 0 heterocycles. The molecule has 0 atom stereocenters. The second-order valence-electron chi connectivity index (χ2n) is 6.69. The highest BCUT2D eigenvalue weighted by atomic mass is 16.5. The van der Waals surface area contributed by atoms with Crippen molar-refractivity contribution in [1.29, 1.82) is 0 Å². The quantitative estimate of drug-likeness (QED) is 0.703. The molecule has 2 aromatic carbocycles. The number of carbonyl (C=O) groups is 3. The van der Waals surface area contributed by atoms with E-state index in [1.165, 1.54) is 18.2 Å². The first-order chi connectivity index (χ1) is 13.8. The van der Waals surface area contributed by atoms with Gasteiger partial charge in [0.1, 0.15) is 5.75 Å². The molecule has 7 nitrogen and oxygen atoms in total. The van der Waals surface area contributed by atoms with Gasteiger partial charge in [-0.1, -0.05) is 0 Å². The highest BCUT2D eigenvalue weighted by molar-refractivity contribution is 6.06. The molecule has 2 rings (SSSR count). The van der Waals surface area contributed by atoms with E-state index >= 15 is 0 Å². The molecule has 154 valence electrons. The van der Waals surface area contributed by atoms with Gasteiger partial charge in [-0.15, -0.1) is 0 Å². The minimum atomic E-state index is -1.10. The van der Waals surface area contributed by atoms with E-state index in [2.05, 4.69) is 5.32 Å². The molecule has 2 N–H and O–H groups in total. The largest absolute Gasteiger partial charge is 0.489 e. The van der Waals surface area contributed by atoms with Crippen LogP contribution in [0.5, 0.6) is 5.75 Å². The monoisotopic (exact) mass is 398 g/mol. The number of rotatable bonds is 8. The van der Waals surface area contributed by atoms with Gasteiger partial charge in [-0.25, -0.2) is 4.79 Å². The molecule has 2 aromatic rings. The summed E-state index contributed by atoms with van der Waals surface area (Å²) >= 11 is 0. The van der Waals surface area contributed by atoms with Crippen LogP contribution >= 0.6 is 0 Å². The summed E-state index contributed by atoms with van der Waals surface area (Å²) in [6.07, 6.45) is -0.147. The fourth-order valence-electron chi connectivity index (χ4n) is 2.77. The van der Waals surface area contributed by atoms with Gasteiger partial charge in [-0.2, -0.15) is 0 Å². The van der Waals surface area contributed by atoms with Gasteiger partial charge in [0.25, 0.3) is 11.8 Å². The summed E-state index contributed by atoms with van der Waals surface area (Å²) in [6.45, 7) is 8.70. The predicted molar refractivity (Wildman–Crippen MR) is 111 cm³/mol. The molecule has 7 heteroatoms. The lowest BCUT2D eigenvalue weighted by atomic mass is 10.1. The number of amides is 2. The van der Waals surface area contributed by atoms with E-state index in [-0.39, 0.29) is 23.3 Å². The lowest BCUT2D eigenvalue weighted by molar-refractivity contribution is 0.0695. The minimum absolute atomic E-state index is 0.0385. The van der Waals surface area contributed by atoms with Crippen molar-refractivity contribution in [3.8, 4) is 5.75 Å². The number of carbonyl (C=O) groups excluding carboxylic acids is 2. The number of aromatic carboxylic acids is 1. The maximum atomic E-state index is 12.7. The van der Waals surface area contributed by atoms with Crippen LogP contribution in [0.15, 0.2) is 42.5 Å². The highest BCUT2D eigenvalue weighted by Crippen LogP contribution is 2.27. The van der Waals surface area contributed by atoms with E-state index in [0.717, 1.165) is 0 Å². The number of anilines is 1. The average Bonchev–Trinajstić information content (AvgIpc) is 2.69. The number of hydrogen-bond donors (Lipinski definition) is 2. The van der Waals surface area contributed by atoms with Gasteiger partial charge in [-0.3, -0.25) is 9.59 Å². The first-order valence-electron chi connectivity index (χ1n) is 9.51. The van der Waals surface area contributed by atoms with Crippen LogP contribution in [0.1, 0.15) is 58.8 Å². The van der Waals surface area contributed by atoms with Gasteiger partial charge in [0.2, 0.25) is 0 Å². The Kier molecular flexibility index (Phi) is 7.36. The second-order valence-corrected chi connectivity index (χ2v) is 6.69. The van der Waals surface area contributed by atoms with Crippen LogP contribution in [0.4, 0.5) is 5.69 Å². The van der Waals surface area contributed by atoms with Crippen molar-refractivity contribution in [3.63, 3.8) is 0 Å². The number of ether oxygens (including phenoxy) is 1. The average molecular weight is 398 g/mol. The van der Waals surface area contributed by atoms with E-state index in [9.17, 15) is 19.5 Å². The molecule has 0 aliphatic heterocycles. The van der Waals surface area contributed by atoms with Crippen LogP contribution in [-0.2, 0) is 0 Å². The zero-order chi connectivity index (χ0) is 21.6. The van der Waals surface area contributed by atoms with Gasteiger partial charge in [0.05, 0.1) is 17.4 Å². The highest BCUT2D eigenvalue weighted by Gasteiger charge is 2.16. The third-order valence-electron chi connectivity index (χ3n) is 4.28. The molecule has 0 radical (unpaired) electrons. The summed E-state index contributed by atoms with van der Waals surface area (Å²) in [5.74, 6) is -1.24. The minimum Gasteiger partial charge on any atom is -0.489 e. The molecule has 0 saturated heterocycles. The number of nitrogens with zero attached hydrogens (tertiary/aromatic N) is 1. The van der Waals surface area contributed by atoms with E-state index < -0.39 is 11.9 Å². The summed E-state index contributed by atoms with van der Waals surface area (Å²) in [5, 5.41) is 11.9. The van der Waals surface area contributed by atoms with Crippen molar-refractivity contribution in [3.05, 3.63) is 59.2 Å². The van der Waals surface area contributed by atoms with Gasteiger partial charge >= 0.3 is 5.97 Å². The van der Waals surface area contributed by atoms with Crippen molar-refractivity contribution >= 4 is 23.5 Å². The normalized spacial score (nSPS) is 10.5. The number of nitrogens with one attached hydrogen (secondary N) is 1. The fraction of sp³-hybridized carbons (Fsp3) is 0.318. The van der Waals surface area contributed by atoms with E-state index in [1.807, 2.05) is 27.7 Å². The van der Waals surface area contributed by atoms with Crippen LogP contribution in [-0.4, -0.2) is 47.0 Å². The maximum absolute atomic E-state index is 12.7. The van der Waals surface area contributed by atoms with E-state index in [0.29, 0.717) is 30.0 Å². The van der Waals surface area contributed by atoms with Crippen molar-refractivity contribution in [2.45, 2.75) is 33.8 Å². The zero-order valence-corrected chi connectivity index (χ0v) is 17.1. The van der Waals surface area contributed by atoms with Crippen molar-refractivity contribution in [2.24, 2.45) is 0 Å². The molecule has 29 heavy (non-hydrogen) atoms. The Morgan fingerprint density at radius 2 is 1.52 bits per heavy atom. The number of hydrogen-bond acceptors (Lipinski definition) is 4. The predicted octanol–water partition coefficient (Wildman–Crippen LogP) is 3.91. The number of carboxylic acids is 1. The Morgan fingerprint density at radius 1 is 0.966 bits per heavy atom. The number of benzene rings is 2. The zero-order valence-electron chi connectivity index (χ0n) is 17.1. The summed E-state index contributed by atoms with van der Waals surface area (Å²) < 4.78 is 5.66. The van der Waals surface area contributed by atoms with Crippen molar-refractivity contribution < 1.29 is 24.2 Å². The molecule has 0 aromatic heterocycles. The van der Waals surface area contributed by atoms with Crippen molar-refractivity contribution in [2.75, 3.05) is 18.4 Å². The Morgan fingerprint density at radius 3 is 2.03 bits per heavy atom. The smallest absolute Gasteiger partial charge is 0.335 e. The molecular formula is C22H26N2O5. The third-order valence-corrected chi connectivity index (χ3v) is 4.28. The van der Waals surface area contributed by atoms with Crippen LogP contribution in [0.2, 0.25) is 0 Å². The van der Waals surface area contributed by atoms with Gasteiger partial charge in [0.15, 0.2) is 0 Å². The molecular weight excluding hydrogens is 372 g/mol. The van der Waals surface area contributed by atoms with Gasteiger partial charge < -0.3 is 20.1 Å². The Labute approximate surface area is 170 Å². The standard InChI is InChI=1S/C22H26N2O5/c1-5-24(6-2)21(26)16-9-7-15(8-10-16)20(25)23-18-13-17(22(27)28)11-12-19(18)29-14(3)4/h7-14H,5-6H2,1-4H3,(H,23,25)(H,27,28). The molecule has 0 aliphatic carbocycles. The SMILES string of the molecule is CCN(CC)C(=O)c1ccc(C(=O)Nc2cc(C(=O)O)ccc2OC(C)C)cc1. The van der Waals surface area contributed by atoms with Gasteiger partial charge in [0, 0.05) is 24.2 Å². The number of carboxylic acid groups (broad SMARTS) is 1. The molecule has 0 unspecified atom stereocenters. The van der Waals surface area contributed by atoms with E-state index in [1.54, 1.807) is 29.2 Å². The molecule has 0 spiro atoms. The second kappa shape index (κ2) is 9.73. The molecule has 2 amide bonds. The molecule has 0 aliphatic rings. The van der Waals surface area contributed by atoms with E-state index in [4.69, 9.17) is 4.74 Å². The Balaban J connectivity index is 2.24. The van der Waals surface area contributed by atoms with Crippen LogP contribution in [0.3, 0.4) is 0 Å². The summed E-state index contributed by atoms with van der Waals surface area (Å²) in [4.78, 5) is 38.0. The first kappa shape index (κ1) is 21.9. The van der Waals surface area contributed by atoms with Crippen LogP contribution < -0.4 is 10.1 Å². The summed E-state index contributed by atoms with van der Waals surface area (Å²) in [7, 11) is 0. The molecule has 0 fully saturated rings. The summed E-state index contributed by atoms with van der Waals surface area (Å²) in [5.41, 5.74) is 1.16. The summed E-state index contributed by atoms with van der Waals surface area (Å²) in [6, 6.07) is 10.6. The lowest BCUT2D eigenvalue weighted by Gasteiger charge is -2.18. The molecule has 0 bridgehead atoms. The maximum Gasteiger partial charge on any atom is 0.335 e. The van der Waals surface area contributed by atoms with Crippen LogP contribution in [0, 0.1) is 0 Å². The Bertz CT molecular complexity index is 887. The fourth-order valence-corrected chi connectivity index (χ4v) is 2.77. The third kappa shape index (κ3) is 5.57.